The summed E-state index contributed by atoms with van der Waals surface area (Å²) < 4.78 is 88.7. The molecule has 2 heterocycles. The monoisotopic (exact) mass is 700 g/mol. The number of benzene rings is 2. The van der Waals surface area contributed by atoms with Gasteiger partial charge in [-0.1, -0.05) is 37.3 Å². The summed E-state index contributed by atoms with van der Waals surface area (Å²) in [5.41, 5.74) is -2.76. The lowest BCUT2D eigenvalue weighted by Crippen LogP contribution is -2.58. The smallest absolute Gasteiger partial charge is 0.416 e. The second-order valence-corrected chi connectivity index (χ2v) is 13.1. The number of likely N-dealkylation sites (tertiary alicyclic amines) is 1. The number of alkyl halides is 6. The predicted octanol–water partition coefficient (Wildman–Crippen LogP) is 9.07. The number of ether oxygens (including phenoxy) is 1. The highest BCUT2D eigenvalue weighted by atomic mass is 79.9. The Morgan fingerprint density at radius 1 is 0.911 bits per heavy atom. The van der Waals surface area contributed by atoms with Crippen LogP contribution in [0.3, 0.4) is 0 Å². The van der Waals surface area contributed by atoms with E-state index in [0.717, 1.165) is 17.7 Å². The molecule has 2 aromatic carbocycles. The quantitative estimate of drug-likeness (QED) is 0.230. The van der Waals surface area contributed by atoms with Crippen molar-refractivity contribution in [2.45, 2.75) is 96.0 Å². The van der Waals surface area contributed by atoms with Gasteiger partial charge in [0, 0.05) is 37.1 Å². The molecule has 0 saturated carbocycles. The fourth-order valence-electron chi connectivity index (χ4n) is 5.67. The van der Waals surface area contributed by atoms with Gasteiger partial charge >= 0.3 is 18.4 Å². The van der Waals surface area contributed by atoms with Gasteiger partial charge in [-0.25, -0.2) is 14.8 Å². The van der Waals surface area contributed by atoms with Crippen LogP contribution in [0.1, 0.15) is 69.2 Å². The number of aromatic nitrogens is 2. The van der Waals surface area contributed by atoms with Crippen LogP contribution < -0.4 is 4.90 Å². The Labute approximate surface area is 266 Å². The molecule has 0 spiro atoms. The minimum atomic E-state index is -4.98. The highest BCUT2D eigenvalue weighted by Gasteiger charge is 2.43. The summed E-state index contributed by atoms with van der Waals surface area (Å²) in [6.07, 6.45) is -5.80. The predicted molar refractivity (Wildman–Crippen MR) is 161 cm³/mol. The van der Waals surface area contributed by atoms with Crippen LogP contribution in [-0.2, 0) is 30.1 Å². The minimum Gasteiger partial charge on any atom is -0.444 e. The number of rotatable bonds is 7. The number of piperidine rings is 1. The van der Waals surface area contributed by atoms with E-state index in [-0.39, 0.29) is 30.2 Å². The Hall–Kier alpha value is -3.35. The van der Waals surface area contributed by atoms with Crippen LogP contribution in [0.25, 0.3) is 0 Å². The first-order chi connectivity index (χ1) is 20.9. The maximum absolute atomic E-state index is 13.7. The number of carbonyl (C=O) groups is 1. The molecule has 1 aliphatic heterocycles. The van der Waals surface area contributed by atoms with Gasteiger partial charge in [-0.05, 0) is 91.7 Å². The molecule has 13 heteroatoms. The first-order valence-electron chi connectivity index (χ1n) is 14.5. The van der Waals surface area contributed by atoms with E-state index in [1.54, 1.807) is 30.6 Å². The Morgan fingerprint density at radius 3 is 1.98 bits per heavy atom. The van der Waals surface area contributed by atoms with E-state index >= 15 is 0 Å². The molecule has 1 unspecified atom stereocenters. The molecule has 1 saturated heterocycles. The first-order valence-corrected chi connectivity index (χ1v) is 15.3. The zero-order valence-electron chi connectivity index (χ0n) is 25.3. The van der Waals surface area contributed by atoms with Crippen molar-refractivity contribution < 1.29 is 35.9 Å². The third-order valence-electron chi connectivity index (χ3n) is 7.57. The number of amides is 1. The summed E-state index contributed by atoms with van der Waals surface area (Å²) >= 11 is 3.28. The summed E-state index contributed by atoms with van der Waals surface area (Å²) in [5, 5.41) is 0. The average molecular weight is 702 g/mol. The van der Waals surface area contributed by atoms with Gasteiger partial charge in [0.05, 0.1) is 15.6 Å². The number of anilines is 1. The molecule has 0 bridgehead atoms. The second kappa shape index (κ2) is 13.6. The summed E-state index contributed by atoms with van der Waals surface area (Å²) in [6, 6.07) is 9.95. The molecule has 1 aliphatic rings. The highest BCUT2D eigenvalue weighted by molar-refractivity contribution is 9.10. The molecule has 6 nitrogen and oxygen atoms in total. The molecular formula is C32H35BrF6N4O2. The van der Waals surface area contributed by atoms with Crippen molar-refractivity contribution in [2.75, 3.05) is 4.90 Å². The minimum absolute atomic E-state index is 0.117. The van der Waals surface area contributed by atoms with Crippen LogP contribution in [-0.4, -0.2) is 44.7 Å². The maximum Gasteiger partial charge on any atom is 0.416 e. The van der Waals surface area contributed by atoms with Crippen molar-refractivity contribution in [3.63, 3.8) is 0 Å². The second-order valence-electron chi connectivity index (χ2n) is 12.2. The standard InChI is InChI=1S/C32H35BrF6N4O2/c1-5-25-15-26(16-27(13-20-9-7-6-8-10-20)43(25)29(44)45-30(2,3)4)42(28-40-17-24(33)18-41-28)19-21-11-22(31(34,35)36)14-23(12-21)32(37,38)39/h6-12,14,17-18,25-27H,5,13,15-16,19H2,1-4H3/t25-,26?,27+/m1/s1. The molecule has 3 atom stereocenters. The number of hydrogen-bond donors (Lipinski definition) is 0. The molecule has 45 heavy (non-hydrogen) atoms. The SMILES string of the molecule is CC[C@@H]1CC(N(Cc2cc(C(F)(F)F)cc(C(F)(F)F)c2)c2ncc(Br)cn2)C[C@H](Cc2ccccc2)N1C(=O)OC(C)(C)C. The van der Waals surface area contributed by atoms with E-state index in [1.165, 1.54) is 12.4 Å². The molecule has 0 N–H and O–H groups in total. The van der Waals surface area contributed by atoms with Crippen LogP contribution in [0.2, 0.25) is 0 Å². The highest BCUT2D eigenvalue weighted by Crippen LogP contribution is 2.38. The molecule has 4 rings (SSSR count). The molecule has 1 fully saturated rings. The number of carbonyl (C=O) groups excluding carboxylic acids is 1. The fraction of sp³-hybridized carbons (Fsp3) is 0.469. The van der Waals surface area contributed by atoms with Crippen molar-refractivity contribution in [1.82, 2.24) is 14.9 Å². The van der Waals surface area contributed by atoms with E-state index in [4.69, 9.17) is 4.74 Å². The first kappa shape index (κ1) is 34.5. The lowest BCUT2D eigenvalue weighted by atomic mass is 9.86. The van der Waals surface area contributed by atoms with Crippen LogP contribution in [0.4, 0.5) is 37.1 Å². The van der Waals surface area contributed by atoms with Gasteiger partial charge < -0.3 is 14.5 Å². The molecule has 0 radical (unpaired) electrons. The molecule has 1 amide bonds. The van der Waals surface area contributed by atoms with Crippen molar-refractivity contribution in [3.8, 4) is 0 Å². The van der Waals surface area contributed by atoms with Crippen molar-refractivity contribution >= 4 is 28.0 Å². The Kier molecular flexibility index (Phi) is 10.4. The largest absolute Gasteiger partial charge is 0.444 e. The van der Waals surface area contributed by atoms with Crippen LogP contribution >= 0.6 is 15.9 Å². The summed E-state index contributed by atoms with van der Waals surface area (Å²) in [7, 11) is 0. The average Bonchev–Trinajstić information content (AvgIpc) is 2.94. The van der Waals surface area contributed by atoms with E-state index in [0.29, 0.717) is 30.2 Å². The lowest BCUT2D eigenvalue weighted by molar-refractivity contribution is -0.143. The number of hydrogen-bond acceptors (Lipinski definition) is 5. The van der Waals surface area contributed by atoms with Crippen LogP contribution in [0.5, 0.6) is 0 Å². The van der Waals surface area contributed by atoms with Gasteiger partial charge in [-0.15, -0.1) is 0 Å². The molecule has 0 aliphatic carbocycles. The third kappa shape index (κ3) is 9.11. The van der Waals surface area contributed by atoms with E-state index < -0.39 is 47.3 Å². The maximum atomic E-state index is 13.7. The zero-order valence-corrected chi connectivity index (χ0v) is 26.9. The Bertz CT molecular complexity index is 1410. The van der Waals surface area contributed by atoms with Gasteiger partial charge in [-0.3, -0.25) is 0 Å². The van der Waals surface area contributed by atoms with Gasteiger partial charge in [0.25, 0.3) is 0 Å². The van der Waals surface area contributed by atoms with E-state index in [2.05, 4.69) is 25.9 Å². The number of halogens is 7. The van der Waals surface area contributed by atoms with Crippen LogP contribution in [0, 0.1) is 0 Å². The third-order valence-corrected chi connectivity index (χ3v) is 7.98. The topological polar surface area (TPSA) is 58.6 Å². The normalized spacial score (nSPS) is 19.4. The van der Waals surface area contributed by atoms with Gasteiger partial charge in [0.1, 0.15) is 5.60 Å². The summed E-state index contributed by atoms with van der Waals surface area (Å²) in [6.45, 7) is 6.94. The van der Waals surface area contributed by atoms with E-state index in [1.807, 2.05) is 37.3 Å². The summed E-state index contributed by atoms with van der Waals surface area (Å²) in [5.74, 6) is 0.146. The molecular weight excluding hydrogens is 666 g/mol. The fourth-order valence-corrected chi connectivity index (χ4v) is 5.88. The van der Waals surface area contributed by atoms with Gasteiger partial charge in [0.2, 0.25) is 5.95 Å². The van der Waals surface area contributed by atoms with Gasteiger partial charge in [0.15, 0.2) is 0 Å². The van der Waals surface area contributed by atoms with Crippen LogP contribution in [0.15, 0.2) is 65.4 Å². The Morgan fingerprint density at radius 2 is 1.47 bits per heavy atom. The summed E-state index contributed by atoms with van der Waals surface area (Å²) in [4.78, 5) is 25.7. The van der Waals surface area contributed by atoms with Crippen molar-refractivity contribution in [3.05, 3.63) is 87.7 Å². The molecule has 3 aromatic rings. The lowest BCUT2D eigenvalue weighted by Gasteiger charge is -2.48. The number of nitrogens with zero attached hydrogens (tertiary/aromatic N) is 4. The Balaban J connectivity index is 1.79. The van der Waals surface area contributed by atoms with E-state index in [9.17, 15) is 31.1 Å². The van der Waals surface area contributed by atoms with Crippen molar-refractivity contribution in [1.29, 1.82) is 0 Å². The zero-order chi connectivity index (χ0) is 33.2. The molecule has 1 aromatic heterocycles. The van der Waals surface area contributed by atoms with Gasteiger partial charge in [-0.2, -0.15) is 26.3 Å². The van der Waals surface area contributed by atoms with Crippen molar-refractivity contribution in [2.24, 2.45) is 0 Å². The molecule has 244 valence electrons.